The second kappa shape index (κ2) is 8.02. The topological polar surface area (TPSA) is 61.9 Å². The second-order valence-electron chi connectivity index (χ2n) is 6.44. The van der Waals surface area contributed by atoms with Crippen LogP contribution in [0.5, 0.6) is 0 Å². The third-order valence-electron chi connectivity index (χ3n) is 3.14. The molecule has 0 atom stereocenters. The van der Waals surface area contributed by atoms with Gasteiger partial charge in [-0.05, 0) is 17.9 Å². The fourth-order valence-electron chi connectivity index (χ4n) is 2.30. The molecule has 126 valence electrons. The van der Waals surface area contributed by atoms with E-state index >= 15 is 0 Å². The van der Waals surface area contributed by atoms with E-state index in [1.54, 1.807) is 12.3 Å². The highest BCUT2D eigenvalue weighted by atomic mass is 35.5. The minimum Gasteiger partial charge on any atom is -0.341 e. The Morgan fingerprint density at radius 2 is 1.96 bits per heavy atom. The van der Waals surface area contributed by atoms with Gasteiger partial charge in [-0.3, -0.25) is 4.79 Å². The molecule has 2 aromatic rings. The van der Waals surface area contributed by atoms with Crippen molar-refractivity contribution in [2.45, 2.75) is 32.9 Å². The Bertz CT molecular complexity index is 661. The lowest BCUT2D eigenvalue weighted by molar-refractivity contribution is -0.129. The number of hydrogen-bond donors (Lipinski definition) is 1. The van der Waals surface area contributed by atoms with E-state index in [0.29, 0.717) is 33.4 Å². The highest BCUT2D eigenvalue weighted by Gasteiger charge is 2.17. The van der Waals surface area contributed by atoms with Gasteiger partial charge in [-0.2, -0.15) is 0 Å². The first-order chi connectivity index (χ1) is 10.8. The Morgan fingerprint density at radius 1 is 1.30 bits per heavy atom. The summed E-state index contributed by atoms with van der Waals surface area (Å²) in [4.78, 5) is 26.1. The number of rotatable bonds is 7. The Morgan fingerprint density at radius 3 is 2.57 bits per heavy atom. The van der Waals surface area contributed by atoms with Crippen LogP contribution in [0.4, 0.5) is 0 Å². The number of amides is 1. The van der Waals surface area contributed by atoms with Crippen LogP contribution in [0.3, 0.4) is 0 Å². The van der Waals surface area contributed by atoms with Gasteiger partial charge < -0.3 is 9.88 Å². The lowest BCUT2D eigenvalue weighted by Gasteiger charge is -2.26. The number of nitrogens with zero attached hydrogens (tertiary/aromatic N) is 3. The molecule has 2 heterocycles. The number of hydrogen-bond acceptors (Lipinski definition) is 4. The van der Waals surface area contributed by atoms with Crippen LogP contribution in [0.2, 0.25) is 5.02 Å². The Kier molecular flexibility index (Phi) is 6.30. The monoisotopic (exact) mass is 354 g/mol. The smallest absolute Gasteiger partial charge is 0.233 e. The van der Waals surface area contributed by atoms with Crippen LogP contribution in [0.1, 0.15) is 27.7 Å². The summed E-state index contributed by atoms with van der Waals surface area (Å²) in [5, 5.41) is 1.26. The average molecular weight is 355 g/mol. The van der Waals surface area contributed by atoms with Gasteiger partial charge in [-0.25, -0.2) is 9.97 Å². The molecule has 23 heavy (non-hydrogen) atoms. The normalized spacial score (nSPS) is 11.6. The molecule has 2 aromatic heterocycles. The molecule has 7 heteroatoms. The number of imidazole rings is 1. The van der Waals surface area contributed by atoms with E-state index < -0.39 is 0 Å². The summed E-state index contributed by atoms with van der Waals surface area (Å²) in [5.41, 5.74) is 1.40. The molecule has 0 aromatic carbocycles. The van der Waals surface area contributed by atoms with Crippen molar-refractivity contribution >= 4 is 40.4 Å². The van der Waals surface area contributed by atoms with Crippen molar-refractivity contribution in [3.63, 3.8) is 0 Å². The summed E-state index contributed by atoms with van der Waals surface area (Å²) in [7, 11) is 0. The first-order valence-electron chi connectivity index (χ1n) is 7.77. The van der Waals surface area contributed by atoms with Crippen LogP contribution in [0, 0.1) is 11.8 Å². The maximum absolute atomic E-state index is 12.5. The van der Waals surface area contributed by atoms with E-state index in [1.807, 2.05) is 4.90 Å². The molecule has 1 N–H and O–H groups in total. The van der Waals surface area contributed by atoms with Gasteiger partial charge in [0.2, 0.25) is 5.91 Å². The molecule has 0 bridgehead atoms. The van der Waals surface area contributed by atoms with Crippen LogP contribution in [-0.4, -0.2) is 44.6 Å². The first-order valence-corrected chi connectivity index (χ1v) is 9.13. The maximum atomic E-state index is 12.5. The number of nitrogens with one attached hydrogen (secondary N) is 1. The number of carbonyl (C=O) groups excluding carboxylic acids is 1. The largest absolute Gasteiger partial charge is 0.341 e. The molecular weight excluding hydrogens is 332 g/mol. The number of thioether (sulfide) groups is 1. The molecule has 0 fully saturated rings. The van der Waals surface area contributed by atoms with Crippen LogP contribution < -0.4 is 0 Å². The van der Waals surface area contributed by atoms with Gasteiger partial charge in [-0.15, -0.1) is 0 Å². The number of pyridine rings is 1. The molecule has 0 unspecified atom stereocenters. The predicted molar refractivity (Wildman–Crippen MR) is 95.9 cm³/mol. The number of H-pyrrole nitrogens is 1. The quantitative estimate of drug-likeness (QED) is 0.767. The zero-order valence-electron chi connectivity index (χ0n) is 14.0. The number of aromatic nitrogens is 3. The van der Waals surface area contributed by atoms with Crippen LogP contribution >= 0.6 is 23.4 Å². The Hall–Kier alpha value is -1.27. The number of fused-ring (bicyclic) bond motifs is 1. The van der Waals surface area contributed by atoms with E-state index in [9.17, 15) is 4.79 Å². The Labute approximate surface area is 146 Å². The standard InChI is InChI=1S/C16H23ClN4OS/c1-10(2)7-21(8-11(3)4)14(22)9-23-16-19-13-5-12(17)6-18-15(13)20-16/h5-6,10-11H,7-9H2,1-4H3,(H,18,19,20). The van der Waals surface area contributed by atoms with Gasteiger partial charge in [-0.1, -0.05) is 51.1 Å². The van der Waals surface area contributed by atoms with E-state index in [0.717, 1.165) is 18.6 Å². The molecule has 0 aliphatic carbocycles. The average Bonchev–Trinajstić information content (AvgIpc) is 2.85. The van der Waals surface area contributed by atoms with E-state index in [1.165, 1.54) is 11.8 Å². The lowest BCUT2D eigenvalue weighted by atomic mass is 10.1. The molecule has 0 saturated heterocycles. The van der Waals surface area contributed by atoms with Crippen molar-refractivity contribution in [2.24, 2.45) is 11.8 Å². The van der Waals surface area contributed by atoms with Gasteiger partial charge >= 0.3 is 0 Å². The van der Waals surface area contributed by atoms with Gasteiger partial charge in [0, 0.05) is 19.3 Å². The summed E-state index contributed by atoms with van der Waals surface area (Å²) >= 11 is 7.32. The number of aromatic amines is 1. The second-order valence-corrected chi connectivity index (χ2v) is 7.84. The molecule has 2 rings (SSSR count). The van der Waals surface area contributed by atoms with E-state index in [-0.39, 0.29) is 5.91 Å². The third kappa shape index (κ3) is 5.39. The predicted octanol–water partition coefficient (Wildman–Crippen LogP) is 3.84. The fraction of sp³-hybridized carbons (Fsp3) is 0.562. The van der Waals surface area contributed by atoms with E-state index in [2.05, 4.69) is 42.6 Å². The molecule has 5 nitrogen and oxygen atoms in total. The highest BCUT2D eigenvalue weighted by molar-refractivity contribution is 7.99. The molecule has 0 radical (unpaired) electrons. The zero-order valence-corrected chi connectivity index (χ0v) is 15.5. The van der Waals surface area contributed by atoms with Crippen LogP contribution in [0.25, 0.3) is 11.2 Å². The molecule has 0 spiro atoms. The molecule has 0 saturated carbocycles. The van der Waals surface area contributed by atoms with Gasteiger partial charge in [0.15, 0.2) is 10.8 Å². The maximum Gasteiger partial charge on any atom is 0.233 e. The van der Waals surface area contributed by atoms with Crippen molar-refractivity contribution < 1.29 is 4.79 Å². The Balaban J connectivity index is 2.00. The minimum absolute atomic E-state index is 0.142. The van der Waals surface area contributed by atoms with Gasteiger partial charge in [0.1, 0.15) is 0 Å². The molecule has 0 aliphatic heterocycles. The van der Waals surface area contributed by atoms with Crippen LogP contribution in [-0.2, 0) is 4.79 Å². The first kappa shape index (κ1) is 18.1. The van der Waals surface area contributed by atoms with Gasteiger partial charge in [0.25, 0.3) is 0 Å². The summed E-state index contributed by atoms with van der Waals surface area (Å²) in [5.74, 6) is 1.43. The van der Waals surface area contributed by atoms with Crippen LogP contribution in [0.15, 0.2) is 17.4 Å². The summed E-state index contributed by atoms with van der Waals surface area (Å²) in [6.45, 7) is 10.1. The number of carbonyl (C=O) groups is 1. The molecular formula is C16H23ClN4OS. The lowest BCUT2D eigenvalue weighted by Crippen LogP contribution is -2.38. The minimum atomic E-state index is 0.142. The highest BCUT2D eigenvalue weighted by Crippen LogP contribution is 2.21. The zero-order chi connectivity index (χ0) is 17.0. The van der Waals surface area contributed by atoms with Gasteiger partial charge in [0.05, 0.1) is 16.3 Å². The summed E-state index contributed by atoms with van der Waals surface area (Å²) in [6.07, 6.45) is 1.57. The molecule has 1 amide bonds. The van der Waals surface area contributed by atoms with Crippen molar-refractivity contribution in [3.8, 4) is 0 Å². The fourth-order valence-corrected chi connectivity index (χ4v) is 3.24. The number of halogens is 1. The van der Waals surface area contributed by atoms with E-state index in [4.69, 9.17) is 11.6 Å². The third-order valence-corrected chi connectivity index (χ3v) is 4.20. The van der Waals surface area contributed by atoms with Crippen molar-refractivity contribution in [1.29, 1.82) is 0 Å². The van der Waals surface area contributed by atoms with Crippen molar-refractivity contribution in [2.75, 3.05) is 18.8 Å². The molecule has 0 aliphatic rings. The SMILES string of the molecule is CC(C)CN(CC(C)C)C(=O)CSc1nc2ncc(Cl)cc2[nH]1. The summed E-state index contributed by atoms with van der Waals surface area (Å²) in [6, 6.07) is 1.78. The van der Waals surface area contributed by atoms with Crippen molar-refractivity contribution in [3.05, 3.63) is 17.3 Å². The van der Waals surface area contributed by atoms with Crippen molar-refractivity contribution in [1.82, 2.24) is 19.9 Å². The summed E-state index contributed by atoms with van der Waals surface area (Å²) < 4.78 is 0.